The molecular weight excluding hydrogens is 471 g/mol. The van der Waals surface area contributed by atoms with Gasteiger partial charge in [-0.25, -0.2) is 14.4 Å². The van der Waals surface area contributed by atoms with E-state index >= 15 is 0 Å². The molecule has 5 heterocycles. The van der Waals surface area contributed by atoms with E-state index in [1.54, 1.807) is 12.1 Å². The number of piperidine rings is 1. The van der Waals surface area contributed by atoms with Crippen molar-refractivity contribution in [2.24, 2.45) is 0 Å². The molecule has 3 aromatic heterocycles. The fourth-order valence-corrected chi connectivity index (χ4v) is 5.23. The van der Waals surface area contributed by atoms with Gasteiger partial charge in [-0.3, -0.25) is 9.78 Å². The number of aliphatic hydroxyl groups is 1. The van der Waals surface area contributed by atoms with E-state index in [1.165, 1.54) is 25.1 Å². The maximum atomic E-state index is 14.6. The summed E-state index contributed by atoms with van der Waals surface area (Å²) in [6.07, 6.45) is 1.88. The van der Waals surface area contributed by atoms with E-state index in [4.69, 9.17) is 4.74 Å². The maximum absolute atomic E-state index is 14.6. The van der Waals surface area contributed by atoms with Crippen molar-refractivity contribution in [2.45, 2.75) is 36.4 Å². The average Bonchev–Trinajstić information content (AvgIpc) is 2.87. The predicted octanol–water partition coefficient (Wildman–Crippen LogP) is 1.98. The number of amides is 1. The van der Waals surface area contributed by atoms with Gasteiger partial charge < -0.3 is 25.4 Å². The molecule has 11 heteroatoms. The van der Waals surface area contributed by atoms with Crippen molar-refractivity contribution in [3.8, 4) is 5.88 Å². The van der Waals surface area contributed by atoms with Gasteiger partial charge in [-0.05, 0) is 37.6 Å². The number of ether oxygens (including phenoxy) is 1. The number of aliphatic hydroxyl groups excluding tert-OH is 1. The first kappa shape index (κ1) is 23.9. The number of nitrogens with one attached hydrogen (secondary N) is 2. The molecule has 1 saturated heterocycles. The van der Waals surface area contributed by atoms with Crippen LogP contribution in [0.3, 0.4) is 0 Å². The van der Waals surface area contributed by atoms with Crippen LogP contribution < -0.4 is 15.4 Å². The van der Waals surface area contributed by atoms with Crippen molar-refractivity contribution < 1.29 is 19.0 Å². The van der Waals surface area contributed by atoms with Gasteiger partial charge in [0.2, 0.25) is 11.8 Å². The molecule has 0 saturated carbocycles. The maximum Gasteiger partial charge on any atom is 0.235 e. The topological polar surface area (TPSA) is 112 Å². The van der Waals surface area contributed by atoms with Crippen LogP contribution in [0.4, 0.5) is 10.2 Å². The summed E-state index contributed by atoms with van der Waals surface area (Å²) in [5.74, 6) is 0.998. The molecule has 1 amide bonds. The number of likely N-dealkylation sites (tertiary alicyclic amines) is 1. The van der Waals surface area contributed by atoms with E-state index in [1.807, 2.05) is 12.1 Å². The number of thioether (sulfide) groups is 1. The first-order valence-electron chi connectivity index (χ1n) is 11.5. The van der Waals surface area contributed by atoms with Crippen molar-refractivity contribution in [1.82, 2.24) is 25.2 Å². The van der Waals surface area contributed by atoms with E-state index in [0.29, 0.717) is 60.1 Å². The number of hydrogen-bond acceptors (Lipinski definition) is 9. The van der Waals surface area contributed by atoms with Crippen LogP contribution in [0.5, 0.6) is 5.88 Å². The number of fused-ring (bicyclic) bond motifs is 2. The van der Waals surface area contributed by atoms with Crippen molar-refractivity contribution >= 4 is 34.5 Å². The highest BCUT2D eigenvalue weighted by atomic mass is 32.2. The summed E-state index contributed by atoms with van der Waals surface area (Å²) in [6, 6.07) is 7.32. The van der Waals surface area contributed by atoms with Crippen molar-refractivity contribution in [3.05, 3.63) is 47.5 Å². The molecule has 0 aliphatic carbocycles. The molecule has 0 bridgehead atoms. The molecule has 2 aliphatic heterocycles. The van der Waals surface area contributed by atoms with Crippen LogP contribution in [0.2, 0.25) is 0 Å². The van der Waals surface area contributed by atoms with Crippen LogP contribution in [0, 0.1) is 5.82 Å². The molecule has 35 heavy (non-hydrogen) atoms. The van der Waals surface area contributed by atoms with Gasteiger partial charge >= 0.3 is 0 Å². The van der Waals surface area contributed by atoms with Crippen LogP contribution >= 0.6 is 11.8 Å². The van der Waals surface area contributed by atoms with Gasteiger partial charge in [0.05, 0.1) is 46.8 Å². The lowest BCUT2D eigenvalue weighted by molar-refractivity contribution is -0.113. The quantitative estimate of drug-likeness (QED) is 0.450. The number of anilines is 1. The van der Waals surface area contributed by atoms with Crippen LogP contribution in [0.25, 0.3) is 11.0 Å². The smallest absolute Gasteiger partial charge is 0.235 e. The van der Waals surface area contributed by atoms with Gasteiger partial charge in [-0.1, -0.05) is 0 Å². The number of carbonyl (C=O) groups is 1. The van der Waals surface area contributed by atoms with E-state index in [-0.39, 0.29) is 17.8 Å². The summed E-state index contributed by atoms with van der Waals surface area (Å²) in [6.45, 7) is 2.36. The molecule has 2 atom stereocenters. The van der Waals surface area contributed by atoms with Gasteiger partial charge in [0.15, 0.2) is 0 Å². The highest BCUT2D eigenvalue weighted by Gasteiger charge is 2.28. The minimum Gasteiger partial charge on any atom is -0.481 e. The lowest BCUT2D eigenvalue weighted by Crippen LogP contribution is -2.52. The zero-order chi connectivity index (χ0) is 24.4. The summed E-state index contributed by atoms with van der Waals surface area (Å²) in [5, 5.41) is 16.9. The van der Waals surface area contributed by atoms with Gasteiger partial charge in [-0.2, -0.15) is 0 Å². The Morgan fingerprint density at radius 3 is 3.03 bits per heavy atom. The monoisotopic (exact) mass is 498 g/mol. The number of carbonyl (C=O) groups excluding carboxylic acids is 1. The Kier molecular flexibility index (Phi) is 7.09. The van der Waals surface area contributed by atoms with E-state index in [9.17, 15) is 14.3 Å². The Bertz CT molecular complexity index is 1250. The Hall–Kier alpha value is -2.86. The number of pyridine rings is 3. The molecule has 0 radical (unpaired) electrons. The van der Waals surface area contributed by atoms with Crippen molar-refractivity contribution in [3.63, 3.8) is 0 Å². The van der Waals surface area contributed by atoms with Crippen LogP contribution in [0.15, 0.2) is 35.4 Å². The number of β-amino-alcohol motifs (C(OH)–C–C–N with tert-alkyl or cyclic N) is 1. The number of hydrogen-bond donors (Lipinski definition) is 3. The SMILES string of the molecule is COc1ccc2ncc(F)c(CCN3CC[C@H](NCc4ccc5c(n4)NC(=O)CS5)[C@H](O)C3)c2n1. The zero-order valence-electron chi connectivity index (χ0n) is 19.3. The molecule has 0 spiro atoms. The van der Waals surface area contributed by atoms with E-state index < -0.39 is 6.10 Å². The number of nitrogens with zero attached hydrogens (tertiary/aromatic N) is 4. The largest absolute Gasteiger partial charge is 0.481 e. The summed E-state index contributed by atoms with van der Waals surface area (Å²) in [7, 11) is 1.53. The Balaban J connectivity index is 1.16. The highest BCUT2D eigenvalue weighted by molar-refractivity contribution is 8.00. The van der Waals surface area contributed by atoms with Gasteiger partial charge in [-0.15, -0.1) is 11.8 Å². The number of rotatable bonds is 7. The molecule has 3 N–H and O–H groups in total. The summed E-state index contributed by atoms with van der Waals surface area (Å²) in [4.78, 5) is 27.8. The van der Waals surface area contributed by atoms with E-state index in [0.717, 1.165) is 23.6 Å². The van der Waals surface area contributed by atoms with Crippen LogP contribution in [-0.4, -0.2) is 75.5 Å². The van der Waals surface area contributed by atoms with Crippen molar-refractivity contribution in [2.75, 3.05) is 37.8 Å². The Morgan fingerprint density at radius 1 is 1.31 bits per heavy atom. The first-order valence-corrected chi connectivity index (χ1v) is 12.5. The van der Waals surface area contributed by atoms with Crippen LogP contribution in [-0.2, 0) is 17.8 Å². The fraction of sp³-hybridized carbons (Fsp3) is 0.417. The molecule has 184 valence electrons. The second-order valence-corrected chi connectivity index (χ2v) is 9.70. The van der Waals surface area contributed by atoms with Crippen molar-refractivity contribution in [1.29, 1.82) is 0 Å². The molecule has 1 fully saturated rings. The normalized spacial score (nSPS) is 20.5. The summed E-state index contributed by atoms with van der Waals surface area (Å²) < 4.78 is 19.8. The minimum absolute atomic E-state index is 0.0440. The molecule has 2 aliphatic rings. The van der Waals surface area contributed by atoms with Gasteiger partial charge in [0.1, 0.15) is 11.6 Å². The molecule has 5 rings (SSSR count). The molecule has 0 aromatic carbocycles. The fourth-order valence-electron chi connectivity index (χ4n) is 4.48. The number of aromatic nitrogens is 3. The Morgan fingerprint density at radius 2 is 2.20 bits per heavy atom. The number of halogens is 1. The third kappa shape index (κ3) is 5.37. The standard InChI is InChI=1S/C24H27FN6O3S/c1-34-22-5-3-18-23(30-22)15(16(25)11-27-18)6-8-31-9-7-17(19(32)12-31)26-10-14-2-4-20-24(28-14)29-21(33)13-35-20/h2-5,11,17,19,26,32H,6-10,12-13H2,1H3,(H,28,29,33)/t17-,19+/m0/s1. The minimum atomic E-state index is -0.561. The zero-order valence-corrected chi connectivity index (χ0v) is 20.1. The summed E-state index contributed by atoms with van der Waals surface area (Å²) >= 11 is 1.48. The molecule has 0 unspecified atom stereocenters. The Labute approximate surface area is 206 Å². The van der Waals surface area contributed by atoms with Gasteiger partial charge in [0, 0.05) is 37.3 Å². The highest BCUT2D eigenvalue weighted by Crippen LogP contribution is 2.29. The lowest BCUT2D eigenvalue weighted by atomic mass is 10.0. The molecular formula is C24H27FN6O3S. The van der Waals surface area contributed by atoms with Gasteiger partial charge in [0.25, 0.3) is 0 Å². The molecule has 9 nitrogen and oxygen atoms in total. The van der Waals surface area contributed by atoms with E-state index in [2.05, 4.69) is 30.5 Å². The third-order valence-corrected chi connectivity index (χ3v) is 7.42. The second kappa shape index (κ2) is 10.4. The second-order valence-electron chi connectivity index (χ2n) is 8.69. The predicted molar refractivity (Wildman–Crippen MR) is 131 cm³/mol. The summed E-state index contributed by atoms with van der Waals surface area (Å²) in [5.41, 5.74) is 2.45. The van der Waals surface area contributed by atoms with Crippen LogP contribution in [0.1, 0.15) is 17.7 Å². The third-order valence-electron chi connectivity index (χ3n) is 6.37. The first-order chi connectivity index (χ1) is 17.0. The average molecular weight is 499 g/mol. The number of methoxy groups -OCH3 is 1. The molecule has 3 aromatic rings. The lowest BCUT2D eigenvalue weighted by Gasteiger charge is -2.36.